The Bertz CT molecular complexity index is 351. The molecule has 0 saturated carbocycles. The van der Waals surface area contributed by atoms with Crippen molar-refractivity contribution in [2.75, 3.05) is 26.2 Å². The van der Waals surface area contributed by atoms with E-state index in [0.717, 1.165) is 25.7 Å². The van der Waals surface area contributed by atoms with E-state index >= 15 is 0 Å². The number of hydrogen-bond donors (Lipinski definition) is 1. The molecule has 1 heterocycles. The van der Waals surface area contributed by atoms with Gasteiger partial charge in [-0.1, -0.05) is 25.6 Å². The number of hydrogen-bond acceptors (Lipinski definition) is 3. The summed E-state index contributed by atoms with van der Waals surface area (Å²) >= 11 is 4.81. The van der Waals surface area contributed by atoms with Crippen LogP contribution >= 0.6 is 12.2 Å². The van der Waals surface area contributed by atoms with Crippen LogP contribution in [0.1, 0.15) is 32.6 Å². The Morgan fingerprint density at radius 1 is 1.35 bits per heavy atom. The quantitative estimate of drug-likeness (QED) is 0.727. The number of nitrogens with two attached hydrogens (primary N) is 1. The Labute approximate surface area is 109 Å². The van der Waals surface area contributed by atoms with E-state index in [1.807, 2.05) is 6.92 Å². The van der Waals surface area contributed by atoms with E-state index < -0.39 is 10.2 Å². The van der Waals surface area contributed by atoms with Crippen molar-refractivity contribution in [3.05, 3.63) is 0 Å². The van der Waals surface area contributed by atoms with Crippen molar-refractivity contribution in [1.29, 1.82) is 0 Å². The highest BCUT2D eigenvalue weighted by atomic mass is 32.2. The zero-order valence-corrected chi connectivity index (χ0v) is 11.9. The van der Waals surface area contributed by atoms with Crippen LogP contribution in [0.3, 0.4) is 0 Å². The molecule has 0 aromatic carbocycles. The first-order valence-corrected chi connectivity index (χ1v) is 7.82. The van der Waals surface area contributed by atoms with Gasteiger partial charge in [0.2, 0.25) is 0 Å². The van der Waals surface area contributed by atoms with Crippen LogP contribution in [-0.2, 0) is 10.2 Å². The maximum absolute atomic E-state index is 12.3. The number of piperidine rings is 1. The number of rotatable bonds is 6. The summed E-state index contributed by atoms with van der Waals surface area (Å²) in [4.78, 5) is 0.221. The van der Waals surface area contributed by atoms with Gasteiger partial charge in [0.15, 0.2) is 0 Å². The van der Waals surface area contributed by atoms with Gasteiger partial charge in [0.25, 0.3) is 10.2 Å². The predicted octanol–water partition coefficient (Wildman–Crippen LogP) is 0.715. The lowest BCUT2D eigenvalue weighted by atomic mass is 10.2. The van der Waals surface area contributed by atoms with Crippen LogP contribution in [0, 0.1) is 0 Å². The van der Waals surface area contributed by atoms with Crippen molar-refractivity contribution in [2.24, 2.45) is 5.73 Å². The number of nitrogens with zero attached hydrogens (tertiary/aromatic N) is 2. The first-order chi connectivity index (χ1) is 7.98. The summed E-state index contributed by atoms with van der Waals surface area (Å²) in [5.74, 6) is 0. The fourth-order valence-electron chi connectivity index (χ4n) is 1.96. The minimum atomic E-state index is -3.38. The van der Waals surface area contributed by atoms with Crippen LogP contribution < -0.4 is 5.73 Å². The Kier molecular flexibility index (Phi) is 5.78. The second kappa shape index (κ2) is 6.63. The van der Waals surface area contributed by atoms with Crippen molar-refractivity contribution < 1.29 is 8.42 Å². The SMILES string of the molecule is CCCN(CC(N)=S)S(=O)(=O)N1CCCCC1. The van der Waals surface area contributed by atoms with E-state index in [-0.39, 0.29) is 11.5 Å². The molecule has 0 aromatic rings. The minimum Gasteiger partial charge on any atom is -0.392 e. The summed E-state index contributed by atoms with van der Waals surface area (Å²) < 4.78 is 27.6. The van der Waals surface area contributed by atoms with Crippen LogP contribution in [0.2, 0.25) is 0 Å². The van der Waals surface area contributed by atoms with Gasteiger partial charge in [0.05, 0.1) is 11.5 Å². The molecule has 17 heavy (non-hydrogen) atoms. The normalized spacial score (nSPS) is 18.5. The third kappa shape index (κ3) is 4.17. The molecule has 1 aliphatic rings. The van der Waals surface area contributed by atoms with Gasteiger partial charge in [-0.2, -0.15) is 17.0 Å². The van der Waals surface area contributed by atoms with E-state index in [1.165, 1.54) is 4.31 Å². The van der Waals surface area contributed by atoms with Gasteiger partial charge in [0, 0.05) is 19.6 Å². The summed E-state index contributed by atoms with van der Waals surface area (Å²) in [5.41, 5.74) is 5.46. The first kappa shape index (κ1) is 14.8. The zero-order chi connectivity index (χ0) is 12.9. The fourth-order valence-corrected chi connectivity index (χ4v) is 3.96. The summed E-state index contributed by atoms with van der Waals surface area (Å²) in [6.07, 6.45) is 3.74. The highest BCUT2D eigenvalue weighted by molar-refractivity contribution is 7.87. The molecule has 0 unspecified atom stereocenters. The average Bonchev–Trinajstić information content (AvgIpc) is 2.29. The molecule has 7 heteroatoms. The topological polar surface area (TPSA) is 66.6 Å². The lowest BCUT2D eigenvalue weighted by Gasteiger charge is -2.31. The van der Waals surface area contributed by atoms with E-state index in [2.05, 4.69) is 0 Å². The Balaban J connectivity index is 2.78. The molecule has 0 bridgehead atoms. The Morgan fingerprint density at radius 2 is 1.94 bits per heavy atom. The third-order valence-corrected chi connectivity index (χ3v) is 4.88. The van der Waals surface area contributed by atoms with Gasteiger partial charge in [-0.15, -0.1) is 0 Å². The highest BCUT2D eigenvalue weighted by Crippen LogP contribution is 2.16. The summed E-state index contributed by atoms with van der Waals surface area (Å²) in [6.45, 7) is 3.77. The van der Waals surface area contributed by atoms with Crippen LogP contribution in [0.25, 0.3) is 0 Å². The van der Waals surface area contributed by atoms with Crippen LogP contribution in [-0.4, -0.2) is 48.2 Å². The molecule has 1 fully saturated rings. The minimum absolute atomic E-state index is 0.141. The van der Waals surface area contributed by atoms with Crippen molar-refractivity contribution in [1.82, 2.24) is 8.61 Å². The van der Waals surface area contributed by atoms with E-state index in [0.29, 0.717) is 19.6 Å². The van der Waals surface area contributed by atoms with Crippen LogP contribution in [0.5, 0.6) is 0 Å². The summed E-state index contributed by atoms with van der Waals surface area (Å²) in [7, 11) is -3.38. The molecular formula is C10H21N3O2S2. The Hall–Kier alpha value is -0.240. The molecule has 0 radical (unpaired) electrons. The van der Waals surface area contributed by atoms with Gasteiger partial charge in [-0.05, 0) is 19.3 Å². The van der Waals surface area contributed by atoms with Gasteiger partial charge in [-0.25, -0.2) is 0 Å². The molecular weight excluding hydrogens is 258 g/mol. The molecule has 0 aromatic heterocycles. The largest absolute Gasteiger partial charge is 0.392 e. The lowest BCUT2D eigenvalue weighted by Crippen LogP contribution is -2.48. The molecule has 0 aliphatic carbocycles. The predicted molar refractivity (Wildman–Crippen MR) is 73.0 cm³/mol. The van der Waals surface area contributed by atoms with E-state index in [4.69, 9.17) is 18.0 Å². The zero-order valence-electron chi connectivity index (χ0n) is 10.3. The summed E-state index contributed by atoms with van der Waals surface area (Å²) in [6, 6.07) is 0. The molecule has 2 N–H and O–H groups in total. The molecule has 0 amide bonds. The van der Waals surface area contributed by atoms with E-state index in [1.54, 1.807) is 4.31 Å². The molecule has 1 aliphatic heterocycles. The molecule has 100 valence electrons. The standard InChI is InChI=1S/C10H21N3O2S2/c1-2-6-13(9-10(11)16)17(14,15)12-7-4-3-5-8-12/h2-9H2,1H3,(H2,11,16). The van der Waals surface area contributed by atoms with Crippen LogP contribution in [0.4, 0.5) is 0 Å². The third-order valence-electron chi connectivity index (χ3n) is 2.77. The highest BCUT2D eigenvalue weighted by Gasteiger charge is 2.30. The maximum Gasteiger partial charge on any atom is 0.282 e. The van der Waals surface area contributed by atoms with Crippen LogP contribution in [0.15, 0.2) is 0 Å². The smallest absolute Gasteiger partial charge is 0.282 e. The average molecular weight is 279 g/mol. The van der Waals surface area contributed by atoms with E-state index in [9.17, 15) is 8.42 Å². The second-order valence-corrected chi connectivity index (χ2v) is 6.72. The van der Waals surface area contributed by atoms with Crippen molar-refractivity contribution in [3.8, 4) is 0 Å². The lowest BCUT2D eigenvalue weighted by molar-refractivity contribution is 0.311. The number of thiocarbonyl (C=S) groups is 1. The maximum atomic E-state index is 12.3. The molecule has 0 atom stereocenters. The second-order valence-electron chi connectivity index (χ2n) is 4.27. The van der Waals surface area contributed by atoms with Gasteiger partial charge < -0.3 is 5.73 Å². The fraction of sp³-hybridized carbons (Fsp3) is 0.900. The summed E-state index contributed by atoms with van der Waals surface area (Å²) in [5, 5.41) is 0. The monoisotopic (exact) mass is 279 g/mol. The van der Waals surface area contributed by atoms with Gasteiger partial charge >= 0.3 is 0 Å². The van der Waals surface area contributed by atoms with Crippen molar-refractivity contribution in [2.45, 2.75) is 32.6 Å². The van der Waals surface area contributed by atoms with Gasteiger partial charge in [-0.3, -0.25) is 0 Å². The molecule has 5 nitrogen and oxygen atoms in total. The van der Waals surface area contributed by atoms with Crippen molar-refractivity contribution in [3.63, 3.8) is 0 Å². The molecule has 1 saturated heterocycles. The first-order valence-electron chi connectivity index (χ1n) is 6.02. The van der Waals surface area contributed by atoms with Crippen molar-refractivity contribution >= 4 is 27.4 Å². The van der Waals surface area contributed by atoms with Gasteiger partial charge in [0.1, 0.15) is 0 Å². The molecule has 1 rings (SSSR count). The Morgan fingerprint density at radius 3 is 2.41 bits per heavy atom. The molecule has 0 spiro atoms.